The van der Waals surface area contributed by atoms with Gasteiger partial charge in [0.05, 0.1) is 5.39 Å². The Bertz CT molecular complexity index is 1170. The maximum atomic E-state index is 13.0. The summed E-state index contributed by atoms with van der Waals surface area (Å²) < 4.78 is 2.28. The Kier molecular flexibility index (Phi) is 7.06. The largest absolute Gasteiger partial charge is 0.355 e. The molecule has 0 bridgehead atoms. The van der Waals surface area contributed by atoms with E-state index in [9.17, 15) is 19.2 Å². The van der Waals surface area contributed by atoms with Crippen molar-refractivity contribution in [2.24, 2.45) is 25.4 Å². The number of likely N-dealkylation sites (tertiary alicyclic amines) is 1. The van der Waals surface area contributed by atoms with E-state index < -0.39 is 11.2 Å². The van der Waals surface area contributed by atoms with E-state index in [0.29, 0.717) is 32.5 Å². The molecule has 33 heavy (non-hydrogen) atoms. The molecule has 10 nitrogen and oxygen atoms in total. The maximum Gasteiger partial charge on any atom is 0.332 e. The molecule has 0 spiro atoms. The molecule has 180 valence electrons. The van der Waals surface area contributed by atoms with Gasteiger partial charge in [0.15, 0.2) is 0 Å². The van der Waals surface area contributed by atoms with Gasteiger partial charge in [-0.25, -0.2) is 9.78 Å². The number of carbonyl (C=O) groups excluding carboxylic acids is 2. The van der Waals surface area contributed by atoms with E-state index in [1.165, 1.54) is 30.8 Å². The number of nitrogens with one attached hydrogen (secondary N) is 1. The molecular weight excluding hydrogens is 424 g/mol. The molecule has 0 aliphatic carbocycles. The van der Waals surface area contributed by atoms with Gasteiger partial charge < -0.3 is 15.1 Å². The second-order valence-electron chi connectivity index (χ2n) is 9.96. The summed E-state index contributed by atoms with van der Waals surface area (Å²) in [5.74, 6) is -0.364. The number of amides is 2. The fourth-order valence-corrected chi connectivity index (χ4v) is 4.46. The van der Waals surface area contributed by atoms with Crippen LogP contribution in [0.1, 0.15) is 37.2 Å². The minimum Gasteiger partial charge on any atom is -0.355 e. The number of nitrogens with zero attached hydrogens (tertiary/aromatic N) is 5. The van der Waals surface area contributed by atoms with Gasteiger partial charge in [0.1, 0.15) is 11.3 Å². The predicted molar refractivity (Wildman–Crippen MR) is 126 cm³/mol. The monoisotopic (exact) mass is 458 g/mol. The number of rotatable bonds is 6. The van der Waals surface area contributed by atoms with Gasteiger partial charge >= 0.3 is 5.69 Å². The number of pyridine rings is 1. The first kappa shape index (κ1) is 24.6. The van der Waals surface area contributed by atoms with E-state index in [1.807, 2.05) is 14.1 Å². The molecule has 1 fully saturated rings. The minimum absolute atomic E-state index is 0.0291. The van der Waals surface area contributed by atoms with Crippen molar-refractivity contribution in [1.82, 2.24) is 29.2 Å². The molecule has 1 N–H and O–H groups in total. The highest BCUT2D eigenvalue weighted by Crippen LogP contribution is 2.21. The van der Waals surface area contributed by atoms with Gasteiger partial charge in [0, 0.05) is 46.2 Å². The molecule has 0 unspecified atom stereocenters. The molecule has 1 saturated heterocycles. The van der Waals surface area contributed by atoms with E-state index in [1.54, 1.807) is 4.90 Å². The first-order valence-electron chi connectivity index (χ1n) is 11.2. The zero-order valence-electron chi connectivity index (χ0n) is 20.3. The van der Waals surface area contributed by atoms with Gasteiger partial charge in [-0.05, 0) is 44.5 Å². The first-order chi connectivity index (χ1) is 15.4. The van der Waals surface area contributed by atoms with Gasteiger partial charge in [-0.3, -0.25) is 23.5 Å². The fraction of sp³-hybridized carbons (Fsp3) is 0.609. The van der Waals surface area contributed by atoms with Crippen LogP contribution >= 0.6 is 0 Å². The molecule has 2 aromatic rings. The second-order valence-corrected chi connectivity index (χ2v) is 9.96. The summed E-state index contributed by atoms with van der Waals surface area (Å²) in [5.41, 5.74) is -0.605. The third kappa shape index (κ3) is 5.32. The first-order valence-corrected chi connectivity index (χ1v) is 11.2. The molecule has 10 heteroatoms. The van der Waals surface area contributed by atoms with Crippen molar-refractivity contribution in [3.8, 4) is 0 Å². The fourth-order valence-electron chi connectivity index (χ4n) is 4.46. The summed E-state index contributed by atoms with van der Waals surface area (Å²) >= 11 is 0. The van der Waals surface area contributed by atoms with Crippen molar-refractivity contribution in [2.75, 3.05) is 40.3 Å². The SMILES string of the molecule is CN(C)CC(C)(C)CNC(=O)C1CCN(C(=O)c2ccc3c(=O)n(C)c(=O)n(C)c3n2)CC1. The average molecular weight is 459 g/mol. The van der Waals surface area contributed by atoms with Crippen LogP contribution < -0.4 is 16.6 Å². The van der Waals surface area contributed by atoms with Crippen LogP contribution in [0.25, 0.3) is 11.0 Å². The summed E-state index contributed by atoms with van der Waals surface area (Å²) in [7, 11) is 6.96. The summed E-state index contributed by atoms with van der Waals surface area (Å²) in [6.45, 7) is 6.62. The lowest BCUT2D eigenvalue weighted by Crippen LogP contribution is -2.46. The highest BCUT2D eigenvalue weighted by atomic mass is 16.2. The number of piperidine rings is 1. The Balaban J connectivity index is 1.65. The van der Waals surface area contributed by atoms with Crippen LogP contribution in [0.5, 0.6) is 0 Å². The second kappa shape index (κ2) is 9.46. The lowest BCUT2D eigenvalue weighted by molar-refractivity contribution is -0.126. The summed E-state index contributed by atoms with van der Waals surface area (Å²) in [6.07, 6.45) is 1.16. The Labute approximate surface area is 193 Å². The van der Waals surface area contributed by atoms with Crippen LogP contribution in [0.15, 0.2) is 21.7 Å². The molecule has 0 radical (unpaired) electrons. The summed E-state index contributed by atoms with van der Waals surface area (Å²) in [5, 5.41) is 3.35. The number of fused-ring (bicyclic) bond motifs is 1. The topological polar surface area (TPSA) is 110 Å². The van der Waals surface area contributed by atoms with Gasteiger partial charge in [0.25, 0.3) is 11.5 Å². The Morgan fingerprint density at radius 1 is 1.12 bits per heavy atom. The minimum atomic E-state index is -0.495. The Hall–Kier alpha value is -3.01. The lowest BCUT2D eigenvalue weighted by Gasteiger charge is -2.33. The molecular formula is C23H34N6O4. The predicted octanol–water partition coefficient (Wildman–Crippen LogP) is 0.188. The smallest absolute Gasteiger partial charge is 0.332 e. The van der Waals surface area contributed by atoms with Gasteiger partial charge in [-0.15, -0.1) is 0 Å². The third-order valence-corrected chi connectivity index (χ3v) is 6.16. The van der Waals surface area contributed by atoms with Crippen LogP contribution in [-0.2, 0) is 18.9 Å². The zero-order chi connectivity index (χ0) is 24.5. The number of aryl methyl sites for hydroxylation is 1. The molecule has 3 rings (SSSR count). The van der Waals surface area contributed by atoms with E-state index in [0.717, 1.165) is 11.1 Å². The van der Waals surface area contributed by atoms with Gasteiger partial charge in [-0.1, -0.05) is 13.8 Å². The van der Waals surface area contributed by atoms with Crippen molar-refractivity contribution in [2.45, 2.75) is 26.7 Å². The van der Waals surface area contributed by atoms with Gasteiger partial charge in [0.2, 0.25) is 5.91 Å². The van der Waals surface area contributed by atoms with Crippen molar-refractivity contribution < 1.29 is 9.59 Å². The van der Waals surface area contributed by atoms with Gasteiger partial charge in [-0.2, -0.15) is 0 Å². The van der Waals surface area contributed by atoms with Crippen LogP contribution in [0.4, 0.5) is 0 Å². The number of hydrogen-bond acceptors (Lipinski definition) is 6. The zero-order valence-corrected chi connectivity index (χ0v) is 20.3. The van der Waals surface area contributed by atoms with Crippen LogP contribution in [0.3, 0.4) is 0 Å². The lowest BCUT2D eigenvalue weighted by atomic mass is 9.91. The molecule has 0 atom stereocenters. The van der Waals surface area contributed by atoms with E-state index in [2.05, 4.69) is 29.0 Å². The van der Waals surface area contributed by atoms with Crippen LogP contribution in [-0.4, -0.2) is 76.0 Å². The maximum absolute atomic E-state index is 13.0. The molecule has 2 aromatic heterocycles. The van der Waals surface area contributed by atoms with Crippen LogP contribution in [0, 0.1) is 11.3 Å². The van der Waals surface area contributed by atoms with Crippen molar-refractivity contribution in [1.29, 1.82) is 0 Å². The molecule has 2 amide bonds. The normalized spacial score (nSPS) is 15.3. The molecule has 1 aliphatic heterocycles. The van der Waals surface area contributed by atoms with E-state index in [4.69, 9.17) is 0 Å². The Morgan fingerprint density at radius 2 is 1.76 bits per heavy atom. The molecule has 3 heterocycles. The van der Waals surface area contributed by atoms with E-state index in [-0.39, 0.29) is 39.9 Å². The third-order valence-electron chi connectivity index (χ3n) is 6.16. The van der Waals surface area contributed by atoms with E-state index >= 15 is 0 Å². The highest BCUT2D eigenvalue weighted by molar-refractivity contribution is 5.94. The summed E-state index contributed by atoms with van der Waals surface area (Å²) in [4.78, 5) is 58.3. The van der Waals surface area contributed by atoms with Crippen molar-refractivity contribution >= 4 is 22.8 Å². The summed E-state index contributed by atoms with van der Waals surface area (Å²) in [6, 6.07) is 3.05. The average Bonchev–Trinajstić information content (AvgIpc) is 2.78. The molecule has 0 saturated carbocycles. The number of aromatic nitrogens is 3. The number of carbonyl (C=O) groups is 2. The van der Waals surface area contributed by atoms with Crippen molar-refractivity contribution in [3.05, 3.63) is 38.7 Å². The molecule has 0 aromatic carbocycles. The van der Waals surface area contributed by atoms with Crippen LogP contribution in [0.2, 0.25) is 0 Å². The quantitative estimate of drug-likeness (QED) is 0.662. The molecule has 1 aliphatic rings. The number of hydrogen-bond donors (Lipinski definition) is 1. The Morgan fingerprint density at radius 3 is 2.36 bits per heavy atom. The standard InChI is InChI=1S/C23H34N6O4/c1-23(2,14-26(3)4)13-24-19(30)15-9-11-29(12-10-15)21(32)17-8-7-16-18(25-17)27(5)22(33)28(6)20(16)31/h7-8,15H,9-14H2,1-6H3,(H,24,30). The van der Waals surface area contributed by atoms with Crippen molar-refractivity contribution in [3.63, 3.8) is 0 Å². The highest BCUT2D eigenvalue weighted by Gasteiger charge is 2.30.